The molecule has 0 N–H and O–H groups in total. The Morgan fingerprint density at radius 1 is 1.24 bits per heavy atom. The summed E-state index contributed by atoms with van der Waals surface area (Å²) in [5, 5.41) is 10.7. The number of Topliss-reactive ketones (excluding diaryl/α,β-unsaturated/α-hetero) is 1. The van der Waals surface area contributed by atoms with Gasteiger partial charge in [-0.2, -0.15) is 5.26 Å². The molecule has 0 spiro atoms. The Kier molecular flexibility index (Phi) is 4.63. The highest BCUT2D eigenvalue weighted by molar-refractivity contribution is 5.83. The summed E-state index contributed by atoms with van der Waals surface area (Å²) in [5.74, 6) is 0.929. The number of aromatic nitrogens is 1. The van der Waals surface area contributed by atoms with E-state index in [1.807, 2.05) is 25.1 Å². The van der Waals surface area contributed by atoms with Gasteiger partial charge in [0.25, 0.3) is 5.56 Å². The lowest BCUT2D eigenvalue weighted by Gasteiger charge is -2.30. The molecule has 3 rings (SSSR count). The number of fused-ring (bicyclic) bond motifs is 1. The van der Waals surface area contributed by atoms with Crippen LogP contribution >= 0.6 is 0 Å². The topological polar surface area (TPSA) is 72.1 Å². The van der Waals surface area contributed by atoms with Crippen molar-refractivity contribution in [1.29, 1.82) is 5.26 Å². The van der Waals surface area contributed by atoms with Gasteiger partial charge < -0.3 is 9.30 Å². The first-order valence-corrected chi connectivity index (χ1v) is 8.59. The largest absolute Gasteiger partial charge is 0.497 e. The van der Waals surface area contributed by atoms with Crippen LogP contribution in [0.5, 0.6) is 5.75 Å². The van der Waals surface area contributed by atoms with Crippen molar-refractivity contribution in [3.63, 3.8) is 0 Å². The second-order valence-electron chi connectivity index (χ2n) is 6.88. The molecule has 1 aromatic carbocycles. The second-order valence-corrected chi connectivity index (χ2v) is 6.88. The molecule has 5 heteroatoms. The maximum atomic E-state index is 12.6. The SMILES string of the molecule is COc1ccc2c(C)cc(=O)n(CCC3(C#N)CCC(=O)CC3)c2c1. The van der Waals surface area contributed by atoms with Gasteiger partial charge in [0.2, 0.25) is 0 Å². The Hall–Kier alpha value is -2.61. The van der Waals surface area contributed by atoms with E-state index in [9.17, 15) is 14.9 Å². The fourth-order valence-electron chi connectivity index (χ4n) is 3.64. The minimum atomic E-state index is -0.510. The number of hydrogen-bond donors (Lipinski definition) is 0. The molecule has 0 aliphatic heterocycles. The van der Waals surface area contributed by atoms with Crippen LogP contribution in [0.4, 0.5) is 0 Å². The third-order valence-corrected chi connectivity index (χ3v) is 5.34. The summed E-state index contributed by atoms with van der Waals surface area (Å²) < 4.78 is 7.02. The molecule has 130 valence electrons. The van der Waals surface area contributed by atoms with Gasteiger partial charge in [-0.1, -0.05) is 0 Å². The lowest BCUT2D eigenvalue weighted by Crippen LogP contribution is -2.30. The quantitative estimate of drug-likeness (QED) is 0.857. The monoisotopic (exact) mass is 338 g/mol. The number of hydrogen-bond acceptors (Lipinski definition) is 4. The lowest BCUT2D eigenvalue weighted by atomic mass is 9.72. The van der Waals surface area contributed by atoms with Gasteiger partial charge in [-0.25, -0.2) is 0 Å². The predicted octanol–water partition coefficient (Wildman–Crippen LogP) is 3.36. The Bertz CT molecular complexity index is 911. The van der Waals surface area contributed by atoms with E-state index < -0.39 is 5.41 Å². The lowest BCUT2D eigenvalue weighted by molar-refractivity contribution is -0.121. The number of ketones is 1. The number of nitrogens with zero attached hydrogens (tertiary/aromatic N) is 2. The summed E-state index contributed by atoms with van der Waals surface area (Å²) in [6.45, 7) is 2.38. The van der Waals surface area contributed by atoms with Crippen molar-refractivity contribution in [2.24, 2.45) is 5.41 Å². The van der Waals surface area contributed by atoms with Crippen LogP contribution in [-0.2, 0) is 11.3 Å². The van der Waals surface area contributed by atoms with Crippen LogP contribution < -0.4 is 10.3 Å². The zero-order valence-electron chi connectivity index (χ0n) is 14.7. The van der Waals surface area contributed by atoms with E-state index in [-0.39, 0.29) is 11.3 Å². The van der Waals surface area contributed by atoms with Crippen molar-refractivity contribution in [2.75, 3.05) is 7.11 Å². The number of ether oxygens (including phenoxy) is 1. The number of pyridine rings is 1. The third-order valence-electron chi connectivity index (χ3n) is 5.34. The first kappa shape index (κ1) is 17.2. The van der Waals surface area contributed by atoms with Crippen molar-refractivity contribution in [3.05, 3.63) is 40.2 Å². The highest BCUT2D eigenvalue weighted by atomic mass is 16.5. The average Bonchev–Trinajstić information content (AvgIpc) is 2.62. The van der Waals surface area contributed by atoms with E-state index in [0.29, 0.717) is 44.4 Å². The minimum absolute atomic E-state index is 0.0711. The molecule has 0 unspecified atom stereocenters. The number of carbonyl (C=O) groups excluding carboxylic acids is 1. The number of aryl methyl sites for hydroxylation is 2. The van der Waals surface area contributed by atoms with Crippen LogP contribution in [0.3, 0.4) is 0 Å². The van der Waals surface area contributed by atoms with Crippen molar-refractivity contribution < 1.29 is 9.53 Å². The zero-order valence-corrected chi connectivity index (χ0v) is 14.7. The van der Waals surface area contributed by atoms with E-state index in [1.54, 1.807) is 17.7 Å². The van der Waals surface area contributed by atoms with E-state index in [4.69, 9.17) is 4.74 Å². The van der Waals surface area contributed by atoms with Crippen molar-refractivity contribution in [2.45, 2.75) is 45.6 Å². The smallest absolute Gasteiger partial charge is 0.251 e. The molecule has 0 saturated heterocycles. The maximum absolute atomic E-state index is 12.6. The van der Waals surface area contributed by atoms with Crippen LogP contribution in [0.15, 0.2) is 29.1 Å². The van der Waals surface area contributed by atoms with Gasteiger partial charge in [0, 0.05) is 36.9 Å². The van der Waals surface area contributed by atoms with Gasteiger partial charge in [-0.3, -0.25) is 9.59 Å². The molecular weight excluding hydrogens is 316 g/mol. The number of methoxy groups -OCH3 is 1. The molecule has 2 aromatic rings. The summed E-state index contributed by atoms with van der Waals surface area (Å²) >= 11 is 0. The molecule has 0 radical (unpaired) electrons. The average molecular weight is 338 g/mol. The molecule has 1 saturated carbocycles. The van der Waals surface area contributed by atoms with Crippen LogP contribution in [0.25, 0.3) is 10.9 Å². The molecule has 0 bridgehead atoms. The molecule has 0 amide bonds. The van der Waals surface area contributed by atoms with Gasteiger partial charge in [0.15, 0.2) is 0 Å². The van der Waals surface area contributed by atoms with E-state index in [1.165, 1.54) is 0 Å². The number of carbonyl (C=O) groups is 1. The summed E-state index contributed by atoms with van der Waals surface area (Å²) in [7, 11) is 1.60. The first-order valence-electron chi connectivity index (χ1n) is 8.59. The van der Waals surface area contributed by atoms with Crippen molar-refractivity contribution in [3.8, 4) is 11.8 Å². The van der Waals surface area contributed by atoms with Crippen LogP contribution in [-0.4, -0.2) is 17.5 Å². The summed E-state index contributed by atoms with van der Waals surface area (Å²) in [6, 6.07) is 9.76. The van der Waals surface area contributed by atoms with Gasteiger partial charge in [-0.05, 0) is 43.9 Å². The highest BCUT2D eigenvalue weighted by Gasteiger charge is 2.34. The van der Waals surface area contributed by atoms with E-state index in [2.05, 4.69) is 6.07 Å². The van der Waals surface area contributed by atoms with E-state index >= 15 is 0 Å². The fourth-order valence-corrected chi connectivity index (χ4v) is 3.64. The Morgan fingerprint density at radius 3 is 2.60 bits per heavy atom. The maximum Gasteiger partial charge on any atom is 0.251 e. The van der Waals surface area contributed by atoms with Gasteiger partial charge in [0.1, 0.15) is 11.5 Å². The van der Waals surface area contributed by atoms with Gasteiger partial charge in [-0.15, -0.1) is 0 Å². The van der Waals surface area contributed by atoms with Crippen LogP contribution in [0.2, 0.25) is 0 Å². The second kappa shape index (κ2) is 6.72. The molecule has 25 heavy (non-hydrogen) atoms. The number of rotatable bonds is 4. The van der Waals surface area contributed by atoms with Gasteiger partial charge >= 0.3 is 0 Å². The fraction of sp³-hybridized carbons (Fsp3) is 0.450. The molecule has 1 aromatic heterocycles. The molecule has 1 aliphatic carbocycles. The zero-order chi connectivity index (χ0) is 18.0. The summed E-state index contributed by atoms with van der Waals surface area (Å²) in [5.41, 5.74) is 1.17. The van der Waals surface area contributed by atoms with Crippen LogP contribution in [0.1, 0.15) is 37.7 Å². The highest BCUT2D eigenvalue weighted by Crippen LogP contribution is 2.38. The van der Waals surface area contributed by atoms with Crippen molar-refractivity contribution in [1.82, 2.24) is 4.57 Å². The molecule has 5 nitrogen and oxygen atoms in total. The molecular formula is C20H22N2O3. The molecule has 0 atom stereocenters. The predicted molar refractivity (Wildman–Crippen MR) is 95.6 cm³/mol. The van der Waals surface area contributed by atoms with E-state index in [0.717, 1.165) is 16.5 Å². The van der Waals surface area contributed by atoms with Gasteiger partial charge in [0.05, 0.1) is 24.1 Å². The number of benzene rings is 1. The standard InChI is InChI=1S/C20H22N2O3/c1-14-11-19(24)22(18-12-16(25-2)3-4-17(14)18)10-9-20(13-21)7-5-15(23)6-8-20/h3-4,11-12H,5-10H2,1-2H3. The Morgan fingerprint density at radius 2 is 1.96 bits per heavy atom. The normalized spacial score (nSPS) is 16.6. The molecule has 1 aliphatic rings. The summed E-state index contributed by atoms with van der Waals surface area (Å²) in [4.78, 5) is 24.1. The molecule has 1 heterocycles. The minimum Gasteiger partial charge on any atom is -0.497 e. The molecule has 1 fully saturated rings. The van der Waals surface area contributed by atoms with Crippen molar-refractivity contribution >= 4 is 16.7 Å². The summed E-state index contributed by atoms with van der Waals surface area (Å²) in [6.07, 6.45) is 2.68. The van der Waals surface area contributed by atoms with Crippen LogP contribution in [0, 0.1) is 23.7 Å². The Labute approximate surface area is 146 Å². The first-order chi connectivity index (χ1) is 12.0. The number of nitriles is 1. The Balaban J connectivity index is 1.97. The third kappa shape index (κ3) is 3.30.